The van der Waals surface area contributed by atoms with E-state index in [4.69, 9.17) is 19.2 Å². The number of rotatable bonds is 0. The molecule has 0 bridgehead atoms. The summed E-state index contributed by atoms with van der Waals surface area (Å²) in [6.07, 6.45) is 0. The maximum absolute atomic E-state index is 8.88. The van der Waals surface area contributed by atoms with Crippen molar-refractivity contribution in [3.8, 4) is 0 Å². The molecular weight excluding hydrogens is 232 g/mol. The zero-order chi connectivity index (χ0) is 4.50. The van der Waals surface area contributed by atoms with Gasteiger partial charge < -0.3 is 14.7 Å². The van der Waals surface area contributed by atoms with Crippen LogP contribution in [0.5, 0.6) is 0 Å². The minimum Gasteiger partial charge on any atom is -0.303 e. The van der Waals surface area contributed by atoms with Crippen LogP contribution in [0.25, 0.3) is 0 Å². The van der Waals surface area contributed by atoms with Crippen molar-refractivity contribution in [3.63, 3.8) is 0 Å². The first-order valence-electron chi connectivity index (χ1n) is 0.783. The smallest absolute Gasteiger partial charge is 0.303 e. The van der Waals surface area contributed by atoms with Crippen molar-refractivity contribution in [1.29, 1.82) is 0 Å². The van der Waals surface area contributed by atoms with Crippen LogP contribution in [0.3, 0.4) is 0 Å². The third-order valence-corrected chi connectivity index (χ3v) is 0. The molecule has 7 heteroatoms. The molecule has 4 nitrogen and oxygen atoms in total. The molecule has 0 aromatic heterocycles. The molecular formula is H3O4PTiY. The molecule has 1 radical (unpaired) electrons. The molecule has 0 atom stereocenters. The Kier molecular flexibility index (Phi) is 13.8. The van der Waals surface area contributed by atoms with Gasteiger partial charge in [-0.15, -0.1) is 0 Å². The molecule has 0 amide bonds. The molecule has 0 aliphatic rings. The molecule has 0 unspecified atom stereocenters. The number of hydrogen-bond acceptors (Lipinski definition) is 1. The molecule has 7 heavy (non-hydrogen) atoms. The van der Waals surface area contributed by atoms with Gasteiger partial charge in [0.25, 0.3) is 0 Å². The zero-order valence-electron chi connectivity index (χ0n) is 3.27. The Labute approximate surface area is 80.7 Å². The van der Waals surface area contributed by atoms with E-state index in [1.54, 1.807) is 0 Å². The molecule has 0 fully saturated rings. The normalized spacial score (nSPS) is 8.43. The van der Waals surface area contributed by atoms with Gasteiger partial charge in [-0.05, 0) is 0 Å². The summed E-state index contributed by atoms with van der Waals surface area (Å²) in [5, 5.41) is 0. The Hall–Kier alpha value is 1.93. The van der Waals surface area contributed by atoms with Gasteiger partial charge in [0.15, 0.2) is 0 Å². The predicted octanol–water partition coefficient (Wildman–Crippen LogP) is -0.934. The second-order valence-electron chi connectivity index (χ2n) is 0.513. The van der Waals surface area contributed by atoms with Gasteiger partial charge in [-0.25, -0.2) is 4.57 Å². The SMILES string of the molecule is O=P(O)(O)O.[Ti].[Y]. The van der Waals surface area contributed by atoms with Crippen LogP contribution in [0.2, 0.25) is 0 Å². The van der Waals surface area contributed by atoms with Crippen molar-refractivity contribution in [3.05, 3.63) is 0 Å². The van der Waals surface area contributed by atoms with E-state index in [0.717, 1.165) is 0 Å². The van der Waals surface area contributed by atoms with Crippen molar-refractivity contribution < 1.29 is 73.7 Å². The maximum Gasteiger partial charge on any atom is 0.466 e. The van der Waals surface area contributed by atoms with E-state index >= 15 is 0 Å². The van der Waals surface area contributed by atoms with E-state index in [2.05, 4.69) is 0 Å². The van der Waals surface area contributed by atoms with Crippen LogP contribution >= 0.6 is 7.82 Å². The van der Waals surface area contributed by atoms with Crippen LogP contribution in [0, 0.1) is 0 Å². The predicted molar refractivity (Wildman–Crippen MR) is 14.3 cm³/mol. The van der Waals surface area contributed by atoms with Crippen molar-refractivity contribution in [2.45, 2.75) is 0 Å². The van der Waals surface area contributed by atoms with Gasteiger partial charge >= 0.3 is 7.82 Å². The van der Waals surface area contributed by atoms with E-state index in [1.165, 1.54) is 0 Å². The molecule has 0 saturated carbocycles. The van der Waals surface area contributed by atoms with Crippen molar-refractivity contribution in [2.24, 2.45) is 0 Å². The molecule has 0 aromatic rings. The molecule has 0 rings (SSSR count). The summed E-state index contributed by atoms with van der Waals surface area (Å²) in [5.41, 5.74) is 0. The van der Waals surface area contributed by atoms with Crippen molar-refractivity contribution in [2.75, 3.05) is 0 Å². The summed E-state index contributed by atoms with van der Waals surface area (Å²) in [6, 6.07) is 0. The van der Waals surface area contributed by atoms with Gasteiger partial charge in [-0.3, -0.25) is 0 Å². The first-order chi connectivity index (χ1) is 2.00. The largest absolute Gasteiger partial charge is 0.466 e. The summed E-state index contributed by atoms with van der Waals surface area (Å²) in [4.78, 5) is 21.6. The molecule has 0 aromatic carbocycles. The molecule has 0 heterocycles. The van der Waals surface area contributed by atoms with Gasteiger partial charge in [0.2, 0.25) is 0 Å². The average Bonchev–Trinajstić information content (AvgIpc) is 0.722. The minimum absolute atomic E-state index is 0. The van der Waals surface area contributed by atoms with E-state index in [1.807, 2.05) is 0 Å². The summed E-state index contributed by atoms with van der Waals surface area (Å²) in [5.74, 6) is 0. The first kappa shape index (κ1) is 16.0. The maximum atomic E-state index is 8.88. The summed E-state index contributed by atoms with van der Waals surface area (Å²) in [6.45, 7) is 0. The molecule has 0 aliphatic carbocycles. The zero-order valence-corrected chi connectivity index (χ0v) is 8.57. The van der Waals surface area contributed by atoms with Gasteiger partial charge in [-0.1, -0.05) is 0 Å². The van der Waals surface area contributed by atoms with Crippen LogP contribution in [0.15, 0.2) is 0 Å². The van der Waals surface area contributed by atoms with Gasteiger partial charge in [0, 0.05) is 54.4 Å². The summed E-state index contributed by atoms with van der Waals surface area (Å²) >= 11 is 0. The van der Waals surface area contributed by atoms with Crippen LogP contribution in [-0.4, -0.2) is 14.7 Å². The fraction of sp³-hybridized carbons (Fsp3) is 0. The fourth-order valence-electron chi connectivity index (χ4n) is 0. The Balaban J connectivity index is -0.0000000800. The molecule has 3 N–H and O–H groups in total. The van der Waals surface area contributed by atoms with Crippen LogP contribution in [-0.2, 0) is 59.0 Å². The molecule has 0 spiro atoms. The van der Waals surface area contributed by atoms with E-state index < -0.39 is 7.82 Å². The van der Waals surface area contributed by atoms with Crippen LogP contribution in [0.4, 0.5) is 0 Å². The van der Waals surface area contributed by atoms with Gasteiger partial charge in [0.05, 0.1) is 0 Å². The first-order valence-corrected chi connectivity index (χ1v) is 2.35. The Morgan fingerprint density at radius 2 is 1.14 bits per heavy atom. The third kappa shape index (κ3) is 74.9. The summed E-state index contributed by atoms with van der Waals surface area (Å²) < 4.78 is 8.88. The Bertz CT molecular complexity index is 57.8. The Morgan fingerprint density at radius 3 is 1.14 bits per heavy atom. The van der Waals surface area contributed by atoms with Crippen LogP contribution < -0.4 is 0 Å². The van der Waals surface area contributed by atoms with Gasteiger partial charge in [0.1, 0.15) is 0 Å². The third-order valence-electron chi connectivity index (χ3n) is 0. The standard InChI is InChI=1S/H3O4P.Ti.Y/c1-5(2,3)4;;/h(H3,1,2,3,4);;. The average molecular weight is 235 g/mol. The molecule has 39 valence electrons. The van der Waals surface area contributed by atoms with E-state index in [-0.39, 0.29) is 54.4 Å². The minimum atomic E-state index is -4.64. The van der Waals surface area contributed by atoms with Crippen molar-refractivity contribution in [1.82, 2.24) is 0 Å². The quantitative estimate of drug-likeness (QED) is 0.374. The second kappa shape index (κ2) is 6.05. The fourth-order valence-corrected chi connectivity index (χ4v) is 0. The topological polar surface area (TPSA) is 77.8 Å². The number of phosphoric acid groups is 1. The Morgan fingerprint density at radius 1 is 1.14 bits per heavy atom. The molecule has 0 aliphatic heterocycles. The second-order valence-corrected chi connectivity index (χ2v) is 1.54. The van der Waals surface area contributed by atoms with Crippen molar-refractivity contribution >= 4 is 7.82 Å². The van der Waals surface area contributed by atoms with E-state index in [9.17, 15) is 0 Å². The molecule has 0 saturated heterocycles. The van der Waals surface area contributed by atoms with E-state index in [0.29, 0.717) is 0 Å². The van der Waals surface area contributed by atoms with Gasteiger partial charge in [-0.2, -0.15) is 0 Å². The van der Waals surface area contributed by atoms with Crippen LogP contribution in [0.1, 0.15) is 0 Å². The summed E-state index contributed by atoms with van der Waals surface area (Å²) in [7, 11) is -4.64. The monoisotopic (exact) mass is 235 g/mol. The number of hydrogen-bond donors (Lipinski definition) is 3.